The number of thioether (sulfide) groups is 1. The zero-order valence-corrected chi connectivity index (χ0v) is 21.1. The normalized spacial score (nSPS) is 14.8. The third-order valence-electron chi connectivity index (χ3n) is 6.00. The zero-order valence-electron chi connectivity index (χ0n) is 18.7. The largest absolute Gasteiger partial charge is 0.343 e. The van der Waals surface area contributed by atoms with Gasteiger partial charge in [0, 0.05) is 54.5 Å². The van der Waals surface area contributed by atoms with Crippen LogP contribution in [0.5, 0.6) is 0 Å². The van der Waals surface area contributed by atoms with Gasteiger partial charge in [0.25, 0.3) is 5.56 Å². The van der Waals surface area contributed by atoms with Gasteiger partial charge >= 0.3 is 0 Å². The number of carbonyl (C=O) groups is 1. The number of likely N-dealkylation sites (tertiary alicyclic amines) is 1. The Morgan fingerprint density at radius 1 is 1.19 bits per heavy atom. The molecule has 2 heterocycles. The number of aryl methyl sites for hydroxylation is 1. The minimum Gasteiger partial charge on any atom is -0.343 e. The lowest BCUT2D eigenvalue weighted by molar-refractivity contribution is -0.132. The maximum atomic E-state index is 12.9. The summed E-state index contributed by atoms with van der Waals surface area (Å²) in [5, 5.41) is 0.749. The molecule has 0 unspecified atom stereocenters. The van der Waals surface area contributed by atoms with Crippen LogP contribution in [0, 0.1) is 12.8 Å². The van der Waals surface area contributed by atoms with Crippen molar-refractivity contribution >= 4 is 33.6 Å². The highest BCUT2D eigenvalue weighted by Crippen LogP contribution is 2.20. The van der Waals surface area contributed by atoms with Gasteiger partial charge in [-0.1, -0.05) is 46.7 Å². The number of amides is 1. The van der Waals surface area contributed by atoms with Gasteiger partial charge in [-0.05, 0) is 56.2 Å². The minimum atomic E-state index is 0.0208. The number of aromatic nitrogens is 2. The topological polar surface area (TPSA) is 55.2 Å². The van der Waals surface area contributed by atoms with Gasteiger partial charge in [-0.15, -0.1) is 0 Å². The smallest absolute Gasteiger partial charge is 0.257 e. The van der Waals surface area contributed by atoms with Gasteiger partial charge < -0.3 is 4.90 Å². The highest BCUT2D eigenvalue weighted by atomic mass is 79.9. The van der Waals surface area contributed by atoms with E-state index in [0.29, 0.717) is 12.8 Å². The highest BCUT2D eigenvalue weighted by molar-refractivity contribution is 9.10. The number of piperidine rings is 1. The standard InChI is InChI=1S/C24H32BrN3O2S/c1-17-11-13-28(14-12-17)22(29)6-4-5-15-31-24-26-18(2)21(23(30)27(24)3)16-19-7-9-20(25)10-8-19/h7-10,17H,4-6,11-16H2,1-3H3. The predicted octanol–water partition coefficient (Wildman–Crippen LogP) is 4.96. The first-order chi connectivity index (χ1) is 14.8. The average molecular weight is 507 g/mol. The van der Waals surface area contributed by atoms with Crippen LogP contribution in [0.15, 0.2) is 38.7 Å². The van der Waals surface area contributed by atoms with E-state index in [0.717, 1.165) is 76.9 Å². The number of benzene rings is 1. The Kier molecular flexibility index (Phi) is 8.78. The Bertz CT molecular complexity index is 951. The van der Waals surface area contributed by atoms with E-state index in [1.165, 1.54) is 0 Å². The number of hydrogen-bond acceptors (Lipinski definition) is 4. The molecule has 5 nitrogen and oxygen atoms in total. The van der Waals surface area contributed by atoms with Crippen LogP contribution < -0.4 is 5.56 Å². The summed E-state index contributed by atoms with van der Waals surface area (Å²) in [5.41, 5.74) is 2.66. The maximum absolute atomic E-state index is 12.9. The second-order valence-electron chi connectivity index (χ2n) is 8.49. The molecule has 1 fully saturated rings. The number of hydrogen-bond donors (Lipinski definition) is 0. The highest BCUT2D eigenvalue weighted by Gasteiger charge is 2.19. The van der Waals surface area contributed by atoms with Gasteiger partial charge in [0.05, 0.1) is 0 Å². The maximum Gasteiger partial charge on any atom is 0.257 e. The molecule has 7 heteroatoms. The number of rotatable bonds is 8. The van der Waals surface area contributed by atoms with E-state index in [9.17, 15) is 9.59 Å². The fraction of sp³-hybridized carbons (Fsp3) is 0.542. The molecule has 1 aromatic carbocycles. The Hall–Kier alpha value is -1.60. The molecule has 1 amide bonds. The molecule has 31 heavy (non-hydrogen) atoms. The summed E-state index contributed by atoms with van der Waals surface area (Å²) in [6.45, 7) is 5.99. The van der Waals surface area contributed by atoms with Crippen LogP contribution in [0.1, 0.15) is 55.8 Å². The van der Waals surface area contributed by atoms with Crippen molar-refractivity contribution < 1.29 is 4.79 Å². The molecule has 1 aliphatic heterocycles. The summed E-state index contributed by atoms with van der Waals surface area (Å²) < 4.78 is 2.68. The van der Waals surface area contributed by atoms with E-state index < -0.39 is 0 Å². The first-order valence-electron chi connectivity index (χ1n) is 11.1. The fourth-order valence-corrected chi connectivity index (χ4v) is 5.10. The van der Waals surface area contributed by atoms with Crippen molar-refractivity contribution in [3.8, 4) is 0 Å². The van der Waals surface area contributed by atoms with E-state index in [1.54, 1.807) is 23.4 Å². The molecule has 1 aromatic heterocycles. The number of carbonyl (C=O) groups excluding carboxylic acids is 1. The summed E-state index contributed by atoms with van der Waals surface area (Å²) in [7, 11) is 1.79. The quantitative estimate of drug-likeness (QED) is 0.289. The van der Waals surface area contributed by atoms with Gasteiger partial charge in [0.1, 0.15) is 0 Å². The van der Waals surface area contributed by atoms with Gasteiger partial charge in [0.15, 0.2) is 5.16 Å². The van der Waals surface area contributed by atoms with E-state index in [-0.39, 0.29) is 11.5 Å². The van der Waals surface area contributed by atoms with Gasteiger partial charge in [-0.3, -0.25) is 14.2 Å². The molecule has 1 aliphatic rings. The van der Waals surface area contributed by atoms with Crippen LogP contribution >= 0.6 is 27.7 Å². The Morgan fingerprint density at radius 2 is 1.87 bits per heavy atom. The number of nitrogens with zero attached hydrogens (tertiary/aromatic N) is 3. The summed E-state index contributed by atoms with van der Waals surface area (Å²) >= 11 is 5.04. The van der Waals surface area contributed by atoms with Gasteiger partial charge in [-0.2, -0.15) is 0 Å². The summed E-state index contributed by atoms with van der Waals surface area (Å²) in [5.74, 6) is 1.88. The molecule has 1 saturated heterocycles. The van der Waals surface area contributed by atoms with E-state index in [2.05, 4.69) is 22.9 Å². The lowest BCUT2D eigenvalue weighted by Gasteiger charge is -2.30. The average Bonchev–Trinajstić information content (AvgIpc) is 2.76. The Morgan fingerprint density at radius 3 is 2.55 bits per heavy atom. The molecule has 0 aliphatic carbocycles. The first-order valence-corrected chi connectivity index (χ1v) is 12.8. The fourth-order valence-electron chi connectivity index (χ4n) is 3.83. The SMILES string of the molecule is Cc1nc(SCCCCC(=O)N2CCC(C)CC2)n(C)c(=O)c1Cc1ccc(Br)cc1. The molecule has 2 aromatic rings. The van der Waals surface area contributed by atoms with Crippen LogP contribution in [0.2, 0.25) is 0 Å². The van der Waals surface area contributed by atoms with Gasteiger partial charge in [0.2, 0.25) is 5.91 Å². The van der Waals surface area contributed by atoms with Crippen molar-refractivity contribution in [2.75, 3.05) is 18.8 Å². The monoisotopic (exact) mass is 505 g/mol. The lowest BCUT2D eigenvalue weighted by atomic mass is 9.99. The van der Waals surface area contributed by atoms with Crippen molar-refractivity contribution in [2.45, 2.75) is 57.5 Å². The van der Waals surface area contributed by atoms with Crippen molar-refractivity contribution in [2.24, 2.45) is 13.0 Å². The molecule has 0 saturated carbocycles. The van der Waals surface area contributed by atoms with Gasteiger partial charge in [-0.25, -0.2) is 4.98 Å². The van der Waals surface area contributed by atoms with Crippen LogP contribution in [0.4, 0.5) is 0 Å². The van der Waals surface area contributed by atoms with Crippen molar-refractivity contribution in [1.29, 1.82) is 0 Å². The third-order valence-corrected chi connectivity index (χ3v) is 7.64. The lowest BCUT2D eigenvalue weighted by Crippen LogP contribution is -2.37. The molecular weight excluding hydrogens is 474 g/mol. The predicted molar refractivity (Wildman–Crippen MR) is 131 cm³/mol. The molecular formula is C24H32BrN3O2S. The zero-order chi connectivity index (χ0) is 22.4. The molecule has 0 radical (unpaired) electrons. The van der Waals surface area contributed by atoms with Crippen LogP contribution in [-0.2, 0) is 18.3 Å². The number of unbranched alkanes of at least 4 members (excludes halogenated alkanes) is 1. The first kappa shape index (κ1) is 24.1. The van der Waals surface area contributed by atoms with Crippen LogP contribution in [0.25, 0.3) is 0 Å². The van der Waals surface area contributed by atoms with Crippen molar-refractivity contribution in [1.82, 2.24) is 14.5 Å². The Labute approximate surface area is 197 Å². The second-order valence-corrected chi connectivity index (χ2v) is 10.5. The molecule has 0 spiro atoms. The van der Waals surface area contributed by atoms with Crippen molar-refractivity contribution in [3.05, 3.63) is 55.9 Å². The summed E-state index contributed by atoms with van der Waals surface area (Å²) in [6, 6.07) is 8.03. The van der Waals surface area contributed by atoms with E-state index in [1.807, 2.05) is 36.1 Å². The summed E-state index contributed by atoms with van der Waals surface area (Å²) in [4.78, 5) is 32.0. The second kappa shape index (κ2) is 11.3. The molecule has 168 valence electrons. The minimum absolute atomic E-state index is 0.0208. The van der Waals surface area contributed by atoms with Crippen LogP contribution in [-0.4, -0.2) is 39.2 Å². The number of halogens is 1. The third kappa shape index (κ3) is 6.69. The summed E-state index contributed by atoms with van der Waals surface area (Å²) in [6.07, 6.45) is 5.27. The molecule has 3 rings (SSSR count). The van der Waals surface area contributed by atoms with Crippen LogP contribution in [0.3, 0.4) is 0 Å². The van der Waals surface area contributed by atoms with E-state index >= 15 is 0 Å². The molecule has 0 atom stereocenters. The van der Waals surface area contributed by atoms with E-state index in [4.69, 9.17) is 4.98 Å². The Balaban J connectivity index is 1.50. The van der Waals surface area contributed by atoms with Crippen molar-refractivity contribution in [3.63, 3.8) is 0 Å². The molecule has 0 N–H and O–H groups in total. The molecule has 0 bridgehead atoms.